The molecule has 6 heteroatoms. The molecule has 0 spiro atoms. The summed E-state index contributed by atoms with van der Waals surface area (Å²) in [6.45, 7) is -0.419. The smallest absolute Gasteiger partial charge is 0.261 e. The first-order valence-electron chi connectivity index (χ1n) is 8.89. The Kier molecular flexibility index (Phi) is 6.04. The number of ether oxygens (including phenoxy) is 3. The van der Waals surface area contributed by atoms with E-state index in [-0.39, 0.29) is 34.4 Å². The number of allylic oxidation sites excluding steroid dienone is 3. The van der Waals surface area contributed by atoms with Crippen LogP contribution in [0.15, 0.2) is 71.7 Å². The number of rotatable bonds is 6. The Morgan fingerprint density at radius 3 is 2.03 bits per heavy atom. The molecule has 0 fully saturated rings. The highest BCUT2D eigenvalue weighted by molar-refractivity contribution is 6.08. The molecule has 6 nitrogen and oxygen atoms in total. The molecule has 0 saturated carbocycles. The Bertz CT molecular complexity index is 964. The third-order valence-electron chi connectivity index (χ3n) is 4.62. The highest BCUT2D eigenvalue weighted by atomic mass is 16.5. The molecular formula is C23H21O6. The molecule has 0 bridgehead atoms. The fourth-order valence-corrected chi connectivity index (χ4v) is 3.20. The summed E-state index contributed by atoms with van der Waals surface area (Å²) in [7, 11) is 4.24. The van der Waals surface area contributed by atoms with Crippen molar-refractivity contribution in [3.8, 4) is 11.5 Å². The molecule has 0 atom stereocenters. The van der Waals surface area contributed by atoms with Gasteiger partial charge in [-0.3, -0.25) is 9.90 Å². The van der Waals surface area contributed by atoms with Crippen LogP contribution in [0, 0.1) is 0 Å². The molecule has 0 amide bonds. The lowest BCUT2D eigenvalue weighted by atomic mass is 9.89. The van der Waals surface area contributed by atoms with Gasteiger partial charge in [-0.1, -0.05) is 30.3 Å². The van der Waals surface area contributed by atoms with Crippen molar-refractivity contribution < 1.29 is 29.2 Å². The summed E-state index contributed by atoms with van der Waals surface area (Å²) < 4.78 is 15.7. The number of Topliss-reactive ketones (excluding diaryl/α,β-unsaturated/α-hetero) is 1. The van der Waals surface area contributed by atoms with Gasteiger partial charge >= 0.3 is 0 Å². The Morgan fingerprint density at radius 1 is 0.897 bits per heavy atom. The van der Waals surface area contributed by atoms with E-state index in [0.717, 1.165) is 11.1 Å². The summed E-state index contributed by atoms with van der Waals surface area (Å²) in [6, 6.07) is 12.7. The maximum atomic E-state index is 12.4. The lowest BCUT2D eigenvalue weighted by molar-refractivity contribution is -0.117. The fraction of sp³-hybridized carbons (Fsp3) is 0.174. The highest BCUT2D eigenvalue weighted by Crippen LogP contribution is 2.39. The zero-order valence-corrected chi connectivity index (χ0v) is 16.4. The summed E-state index contributed by atoms with van der Waals surface area (Å²) in [5, 5.41) is 22.0. The van der Waals surface area contributed by atoms with Crippen molar-refractivity contribution in [2.45, 2.75) is 6.61 Å². The van der Waals surface area contributed by atoms with Crippen LogP contribution in [0.3, 0.4) is 0 Å². The Balaban J connectivity index is 2.36. The minimum Gasteiger partial charge on any atom is -0.493 e. The van der Waals surface area contributed by atoms with Crippen LogP contribution in [0.25, 0.3) is 5.57 Å². The van der Waals surface area contributed by atoms with Gasteiger partial charge in [0.1, 0.15) is 0 Å². The number of aliphatic hydroxyl groups is 1. The SMILES string of the molecule is COC1=CC(=C(c2ccccc2)c2cc(CO)c([O])c(OC)c2)C=C(OC)C1=O. The number of carbonyl (C=O) groups excluding carboxylic acids is 1. The molecule has 0 saturated heterocycles. The second kappa shape index (κ2) is 8.67. The van der Waals surface area contributed by atoms with Crippen LogP contribution in [0.2, 0.25) is 0 Å². The largest absolute Gasteiger partial charge is 0.493 e. The highest BCUT2D eigenvalue weighted by Gasteiger charge is 2.25. The lowest BCUT2D eigenvalue weighted by Crippen LogP contribution is -2.14. The van der Waals surface area contributed by atoms with Gasteiger partial charge in [0, 0.05) is 5.56 Å². The minimum atomic E-state index is -0.419. The standard InChI is InChI=1S/C23H21O6/c1-27-18-10-15(9-17(13-24)22(18)25)21(14-7-5-4-6-8-14)16-11-19(28-2)23(26)20(12-16)29-3/h4-12,24H,13H2,1-3H3. The number of carbonyl (C=O) groups is 1. The second-order valence-corrected chi connectivity index (χ2v) is 6.28. The molecule has 0 aromatic heterocycles. The second-order valence-electron chi connectivity index (χ2n) is 6.28. The van der Waals surface area contributed by atoms with E-state index in [1.807, 2.05) is 30.3 Å². The lowest BCUT2D eigenvalue weighted by Gasteiger charge is -2.19. The number of methoxy groups -OCH3 is 3. The predicted molar refractivity (Wildman–Crippen MR) is 107 cm³/mol. The Morgan fingerprint density at radius 2 is 1.52 bits per heavy atom. The summed E-state index contributed by atoms with van der Waals surface area (Å²) in [5.74, 6) is -0.310. The molecule has 1 aliphatic carbocycles. The van der Waals surface area contributed by atoms with Gasteiger partial charge in [0.2, 0.25) is 5.75 Å². The Hall–Kier alpha value is -3.51. The van der Waals surface area contributed by atoms with E-state index in [1.165, 1.54) is 21.3 Å². The molecule has 29 heavy (non-hydrogen) atoms. The number of aliphatic hydroxyl groups excluding tert-OH is 1. The maximum Gasteiger partial charge on any atom is 0.261 e. The van der Waals surface area contributed by atoms with Gasteiger partial charge in [-0.2, -0.15) is 0 Å². The molecule has 3 rings (SSSR count). The van der Waals surface area contributed by atoms with E-state index in [4.69, 9.17) is 14.2 Å². The van der Waals surface area contributed by atoms with Gasteiger partial charge in [0.05, 0.1) is 27.9 Å². The Labute approximate surface area is 169 Å². The van der Waals surface area contributed by atoms with E-state index in [0.29, 0.717) is 11.1 Å². The summed E-state index contributed by atoms with van der Waals surface area (Å²) >= 11 is 0. The molecular weight excluding hydrogens is 372 g/mol. The number of hydrogen-bond acceptors (Lipinski definition) is 5. The van der Waals surface area contributed by atoms with Gasteiger partial charge < -0.3 is 19.3 Å². The summed E-state index contributed by atoms with van der Waals surface area (Å²) in [4.78, 5) is 12.4. The van der Waals surface area contributed by atoms with Gasteiger partial charge in [-0.25, -0.2) is 0 Å². The van der Waals surface area contributed by atoms with Crippen LogP contribution >= 0.6 is 0 Å². The van der Waals surface area contributed by atoms with E-state index >= 15 is 0 Å². The zero-order valence-electron chi connectivity index (χ0n) is 16.4. The van der Waals surface area contributed by atoms with Crippen molar-refractivity contribution in [1.82, 2.24) is 0 Å². The van der Waals surface area contributed by atoms with Crippen molar-refractivity contribution in [3.05, 3.63) is 88.4 Å². The molecule has 0 heterocycles. The molecule has 2 aromatic carbocycles. The monoisotopic (exact) mass is 393 g/mol. The maximum absolute atomic E-state index is 12.4. The predicted octanol–water partition coefficient (Wildman–Crippen LogP) is 3.78. The number of benzene rings is 2. The fourth-order valence-electron chi connectivity index (χ4n) is 3.20. The minimum absolute atomic E-state index is 0.124. The quantitative estimate of drug-likeness (QED) is 0.807. The third-order valence-corrected chi connectivity index (χ3v) is 4.62. The van der Waals surface area contributed by atoms with Gasteiger partial charge in [-0.15, -0.1) is 0 Å². The van der Waals surface area contributed by atoms with Crippen molar-refractivity contribution in [3.63, 3.8) is 0 Å². The molecule has 149 valence electrons. The molecule has 0 unspecified atom stereocenters. The van der Waals surface area contributed by atoms with Crippen LogP contribution in [-0.4, -0.2) is 32.2 Å². The first-order valence-corrected chi connectivity index (χ1v) is 8.89. The van der Waals surface area contributed by atoms with Crippen LogP contribution in [0.4, 0.5) is 0 Å². The average Bonchev–Trinajstić information content (AvgIpc) is 2.76. The van der Waals surface area contributed by atoms with Gasteiger partial charge in [0.25, 0.3) is 5.78 Å². The van der Waals surface area contributed by atoms with Crippen molar-refractivity contribution in [1.29, 1.82) is 0 Å². The van der Waals surface area contributed by atoms with Crippen LogP contribution in [0.1, 0.15) is 16.7 Å². The van der Waals surface area contributed by atoms with Crippen LogP contribution in [0.5, 0.6) is 11.5 Å². The van der Waals surface area contributed by atoms with Gasteiger partial charge in [0.15, 0.2) is 17.3 Å². The summed E-state index contributed by atoms with van der Waals surface area (Å²) in [6.07, 6.45) is 3.26. The van der Waals surface area contributed by atoms with E-state index < -0.39 is 6.61 Å². The average molecular weight is 393 g/mol. The van der Waals surface area contributed by atoms with Crippen LogP contribution < -0.4 is 4.74 Å². The van der Waals surface area contributed by atoms with Crippen LogP contribution in [-0.2, 0) is 26.0 Å². The summed E-state index contributed by atoms with van der Waals surface area (Å²) in [5.41, 5.74) is 3.11. The van der Waals surface area contributed by atoms with Crippen molar-refractivity contribution >= 4 is 11.4 Å². The zero-order chi connectivity index (χ0) is 21.0. The molecule has 1 radical (unpaired) electrons. The topological polar surface area (TPSA) is 84.9 Å². The number of hydrogen-bond donors (Lipinski definition) is 1. The molecule has 1 N–H and O–H groups in total. The first kappa shape index (κ1) is 20.2. The van der Waals surface area contributed by atoms with Crippen molar-refractivity contribution in [2.24, 2.45) is 0 Å². The molecule has 1 aliphatic rings. The normalized spacial score (nSPS) is 13.5. The van der Waals surface area contributed by atoms with E-state index in [9.17, 15) is 15.0 Å². The van der Waals surface area contributed by atoms with E-state index in [1.54, 1.807) is 24.3 Å². The van der Waals surface area contributed by atoms with Crippen molar-refractivity contribution in [2.75, 3.05) is 21.3 Å². The molecule has 2 aromatic rings. The third kappa shape index (κ3) is 3.88. The number of ketones is 1. The first-order chi connectivity index (χ1) is 14.0. The van der Waals surface area contributed by atoms with E-state index in [2.05, 4.69) is 0 Å². The van der Waals surface area contributed by atoms with Gasteiger partial charge in [-0.05, 0) is 46.6 Å². The molecule has 0 aliphatic heterocycles.